The van der Waals surface area contributed by atoms with Crippen molar-refractivity contribution in [2.24, 2.45) is 0 Å². The summed E-state index contributed by atoms with van der Waals surface area (Å²) >= 11 is 0. The Labute approximate surface area is 98.8 Å². The molecule has 0 aromatic rings. The maximum atomic E-state index is 11.3. The van der Waals surface area contributed by atoms with Crippen LogP contribution < -0.4 is 9.44 Å². The molecule has 0 aromatic heterocycles. The molecule has 98 valence electrons. The molecule has 17 heavy (non-hydrogen) atoms. The summed E-state index contributed by atoms with van der Waals surface area (Å²) in [5.74, 6) is -1.38. The molecule has 0 saturated heterocycles. The molecule has 8 nitrogen and oxygen atoms in total. The molecule has 0 radical (unpaired) electrons. The number of carbonyl (C=O) groups excluding carboxylic acids is 1. The Bertz CT molecular complexity index is 391. The number of nitrogens with one attached hydrogen (secondary N) is 2. The third-order valence-electron chi connectivity index (χ3n) is 1.49. The minimum atomic E-state index is -4.27. The molecule has 0 bridgehead atoms. The molecule has 0 aliphatic carbocycles. The summed E-state index contributed by atoms with van der Waals surface area (Å²) in [4.78, 5) is 21.5. The van der Waals surface area contributed by atoms with E-state index >= 15 is 0 Å². The lowest BCUT2D eigenvalue weighted by Gasteiger charge is -2.13. The fourth-order valence-electron chi connectivity index (χ4n) is 0.853. The van der Waals surface area contributed by atoms with Crippen molar-refractivity contribution in [3.8, 4) is 0 Å². The molecule has 0 fully saturated rings. The van der Waals surface area contributed by atoms with Gasteiger partial charge in [0, 0.05) is 0 Å². The van der Waals surface area contributed by atoms with Crippen LogP contribution in [0.1, 0.15) is 13.3 Å². The van der Waals surface area contributed by atoms with E-state index in [1.165, 1.54) is 17.7 Å². The minimum Gasteiger partial charge on any atom is -0.480 e. The fraction of sp³-hybridized carbons (Fsp3) is 0.500. The topological polar surface area (TPSA) is 122 Å². The Morgan fingerprint density at radius 1 is 1.53 bits per heavy atom. The van der Waals surface area contributed by atoms with Gasteiger partial charge in [0.25, 0.3) is 0 Å². The molecule has 0 rings (SSSR count). The van der Waals surface area contributed by atoms with E-state index < -0.39 is 28.3 Å². The quantitative estimate of drug-likeness (QED) is 0.539. The third kappa shape index (κ3) is 6.53. The van der Waals surface area contributed by atoms with Crippen LogP contribution in [-0.4, -0.2) is 38.2 Å². The maximum absolute atomic E-state index is 11.3. The number of ether oxygens (including phenoxy) is 1. The van der Waals surface area contributed by atoms with Gasteiger partial charge >= 0.3 is 22.3 Å². The molecule has 9 heteroatoms. The molecule has 1 unspecified atom stereocenters. The predicted octanol–water partition coefficient (Wildman–Crippen LogP) is -0.404. The SMILES string of the molecule is C=CCC(NS(=O)(=O)NC(=O)OCC)C(=O)O. The molecular weight excluding hydrogens is 252 g/mol. The van der Waals surface area contributed by atoms with Crippen LogP contribution in [0.4, 0.5) is 4.79 Å². The number of hydrogen-bond donors (Lipinski definition) is 3. The van der Waals surface area contributed by atoms with Gasteiger partial charge in [0.2, 0.25) is 0 Å². The van der Waals surface area contributed by atoms with Gasteiger partial charge in [-0.2, -0.15) is 13.1 Å². The van der Waals surface area contributed by atoms with Gasteiger partial charge in [-0.15, -0.1) is 6.58 Å². The normalized spacial score (nSPS) is 12.5. The first-order valence-corrected chi connectivity index (χ1v) is 6.11. The van der Waals surface area contributed by atoms with E-state index in [0.29, 0.717) is 0 Å². The van der Waals surface area contributed by atoms with Gasteiger partial charge in [-0.25, -0.2) is 9.52 Å². The van der Waals surface area contributed by atoms with Crippen LogP contribution in [-0.2, 0) is 19.7 Å². The highest BCUT2D eigenvalue weighted by Gasteiger charge is 2.24. The molecule has 0 saturated carbocycles. The lowest BCUT2D eigenvalue weighted by Crippen LogP contribution is -2.48. The average Bonchev–Trinajstić information content (AvgIpc) is 2.15. The number of carboxylic acids is 1. The summed E-state index contributed by atoms with van der Waals surface area (Å²) in [5, 5.41) is 8.69. The zero-order valence-corrected chi connectivity index (χ0v) is 9.99. The molecule has 0 aliphatic rings. The Morgan fingerprint density at radius 2 is 2.12 bits per heavy atom. The van der Waals surface area contributed by atoms with Crippen LogP contribution >= 0.6 is 0 Å². The van der Waals surface area contributed by atoms with Crippen molar-refractivity contribution in [2.75, 3.05) is 6.61 Å². The number of carboxylic acid groups (broad SMARTS) is 1. The summed E-state index contributed by atoms with van der Waals surface area (Å²) in [6, 6.07) is -1.39. The smallest absolute Gasteiger partial charge is 0.421 e. The molecule has 0 heterocycles. The predicted molar refractivity (Wildman–Crippen MR) is 58.5 cm³/mol. The van der Waals surface area contributed by atoms with E-state index in [1.54, 1.807) is 4.72 Å². The van der Waals surface area contributed by atoms with Crippen LogP contribution in [0.5, 0.6) is 0 Å². The van der Waals surface area contributed by atoms with Crippen molar-refractivity contribution in [2.45, 2.75) is 19.4 Å². The Morgan fingerprint density at radius 3 is 2.53 bits per heavy atom. The van der Waals surface area contributed by atoms with Crippen LogP contribution in [0.15, 0.2) is 12.7 Å². The van der Waals surface area contributed by atoms with Crippen LogP contribution in [0.25, 0.3) is 0 Å². The highest BCUT2D eigenvalue weighted by atomic mass is 32.2. The lowest BCUT2D eigenvalue weighted by molar-refractivity contribution is -0.138. The third-order valence-corrected chi connectivity index (χ3v) is 2.52. The Hall–Kier alpha value is -1.61. The van der Waals surface area contributed by atoms with E-state index in [4.69, 9.17) is 5.11 Å². The second-order valence-corrected chi connectivity index (χ2v) is 4.31. The van der Waals surface area contributed by atoms with Crippen molar-refractivity contribution in [3.05, 3.63) is 12.7 Å². The van der Waals surface area contributed by atoms with Gasteiger partial charge in [0.15, 0.2) is 0 Å². The fourth-order valence-corrected chi connectivity index (χ4v) is 1.76. The molecule has 0 spiro atoms. The number of carbonyl (C=O) groups is 2. The number of rotatable bonds is 7. The first-order valence-electron chi connectivity index (χ1n) is 4.63. The maximum Gasteiger partial charge on any atom is 0.421 e. The zero-order valence-electron chi connectivity index (χ0n) is 9.17. The van der Waals surface area contributed by atoms with Crippen molar-refractivity contribution < 1.29 is 27.9 Å². The lowest BCUT2D eigenvalue weighted by atomic mass is 10.2. The average molecular weight is 266 g/mol. The Kier molecular flexibility index (Phi) is 6.21. The number of hydrogen-bond acceptors (Lipinski definition) is 5. The van der Waals surface area contributed by atoms with Gasteiger partial charge < -0.3 is 9.84 Å². The number of amides is 1. The summed E-state index contributed by atoms with van der Waals surface area (Å²) in [6.07, 6.45) is -0.0483. The van der Waals surface area contributed by atoms with E-state index in [1.807, 2.05) is 0 Å². The van der Waals surface area contributed by atoms with E-state index in [0.717, 1.165) is 0 Å². The van der Waals surface area contributed by atoms with Crippen molar-refractivity contribution in [1.29, 1.82) is 0 Å². The number of aliphatic carboxylic acids is 1. The monoisotopic (exact) mass is 266 g/mol. The van der Waals surface area contributed by atoms with Crippen LogP contribution in [0.3, 0.4) is 0 Å². The summed E-state index contributed by atoms with van der Waals surface area (Å²) in [5.41, 5.74) is 0. The first kappa shape index (κ1) is 15.4. The van der Waals surface area contributed by atoms with Gasteiger partial charge in [0.05, 0.1) is 6.61 Å². The van der Waals surface area contributed by atoms with Crippen LogP contribution in [0.2, 0.25) is 0 Å². The van der Waals surface area contributed by atoms with Gasteiger partial charge in [-0.1, -0.05) is 6.08 Å². The molecule has 1 atom stereocenters. The van der Waals surface area contributed by atoms with E-state index in [9.17, 15) is 18.0 Å². The minimum absolute atomic E-state index is 0.00360. The van der Waals surface area contributed by atoms with E-state index in [2.05, 4.69) is 11.3 Å². The Balaban J connectivity index is 4.56. The summed E-state index contributed by atoms with van der Waals surface area (Å²) in [6.45, 7) is 4.79. The zero-order chi connectivity index (χ0) is 13.5. The molecule has 3 N–H and O–H groups in total. The van der Waals surface area contributed by atoms with Gasteiger partial charge in [-0.3, -0.25) is 4.79 Å². The second-order valence-electron chi connectivity index (χ2n) is 2.86. The molecule has 0 aliphatic heterocycles. The van der Waals surface area contributed by atoms with Crippen LogP contribution in [0, 0.1) is 0 Å². The van der Waals surface area contributed by atoms with Crippen molar-refractivity contribution in [1.82, 2.24) is 9.44 Å². The second kappa shape index (κ2) is 6.86. The van der Waals surface area contributed by atoms with Gasteiger partial charge in [0.1, 0.15) is 6.04 Å². The molecular formula is C8H14N2O6S. The largest absolute Gasteiger partial charge is 0.480 e. The summed E-state index contributed by atoms with van der Waals surface area (Å²) in [7, 11) is -4.27. The molecule has 0 aromatic carbocycles. The summed E-state index contributed by atoms with van der Waals surface area (Å²) < 4.78 is 30.2. The highest BCUT2D eigenvalue weighted by molar-refractivity contribution is 7.88. The van der Waals surface area contributed by atoms with Gasteiger partial charge in [-0.05, 0) is 13.3 Å². The first-order chi connectivity index (χ1) is 7.82. The highest BCUT2D eigenvalue weighted by Crippen LogP contribution is 1.95. The van der Waals surface area contributed by atoms with Crippen molar-refractivity contribution in [3.63, 3.8) is 0 Å². The van der Waals surface area contributed by atoms with E-state index in [-0.39, 0.29) is 13.0 Å². The van der Waals surface area contributed by atoms with Crippen molar-refractivity contribution >= 4 is 22.3 Å². The molecule has 1 amide bonds. The standard InChI is InChI=1S/C8H14N2O6S/c1-3-5-6(7(11)12)9-17(14,15)10-8(13)16-4-2/h3,6,9H,1,4-5H2,2H3,(H,10,13)(H,11,12).